The van der Waals surface area contributed by atoms with E-state index in [4.69, 9.17) is 33.5 Å². The molecule has 1 aromatic heterocycles. The van der Waals surface area contributed by atoms with Crippen molar-refractivity contribution in [1.82, 2.24) is 10.1 Å². The first-order chi connectivity index (χ1) is 9.06. The van der Waals surface area contributed by atoms with Crippen LogP contribution in [0.5, 0.6) is 0 Å². The van der Waals surface area contributed by atoms with Gasteiger partial charge in [-0.2, -0.15) is 4.98 Å². The molecule has 0 aliphatic rings. The zero-order valence-electron chi connectivity index (χ0n) is 10.6. The Morgan fingerprint density at radius 1 is 1.32 bits per heavy atom. The summed E-state index contributed by atoms with van der Waals surface area (Å²) in [5, 5.41) is 5.14. The van der Waals surface area contributed by atoms with E-state index in [-0.39, 0.29) is 6.04 Å². The van der Waals surface area contributed by atoms with Gasteiger partial charge in [0.15, 0.2) is 5.82 Å². The lowest BCUT2D eigenvalue weighted by molar-refractivity contribution is 0.368. The number of halogens is 2. The van der Waals surface area contributed by atoms with Crippen molar-refractivity contribution in [2.24, 2.45) is 5.73 Å². The molecule has 1 aromatic carbocycles. The Bertz CT molecular complexity index is 534. The van der Waals surface area contributed by atoms with Crippen LogP contribution in [-0.4, -0.2) is 16.2 Å². The molecule has 2 aromatic rings. The molecule has 4 nitrogen and oxygen atoms in total. The second-order valence-corrected chi connectivity index (χ2v) is 5.31. The van der Waals surface area contributed by atoms with Gasteiger partial charge in [0.05, 0.1) is 0 Å². The highest BCUT2D eigenvalue weighted by Crippen LogP contribution is 2.26. The van der Waals surface area contributed by atoms with Gasteiger partial charge in [0.1, 0.15) is 0 Å². The molecule has 1 unspecified atom stereocenters. The highest BCUT2D eigenvalue weighted by Gasteiger charge is 2.12. The fraction of sp³-hybridized carbons (Fsp3) is 0.385. The van der Waals surface area contributed by atoms with E-state index in [1.54, 1.807) is 18.2 Å². The highest BCUT2D eigenvalue weighted by molar-refractivity contribution is 6.36. The Morgan fingerprint density at radius 2 is 2.00 bits per heavy atom. The summed E-state index contributed by atoms with van der Waals surface area (Å²) in [6.07, 6.45) is 1.95. The fourth-order valence-corrected chi connectivity index (χ4v) is 2.21. The first kappa shape index (κ1) is 14.3. The van der Waals surface area contributed by atoms with Crippen molar-refractivity contribution in [2.45, 2.75) is 32.2 Å². The summed E-state index contributed by atoms with van der Waals surface area (Å²) in [7, 11) is 0. The maximum absolute atomic E-state index is 6.10. The van der Waals surface area contributed by atoms with E-state index in [1.807, 2.05) is 6.92 Å². The van der Waals surface area contributed by atoms with Crippen LogP contribution in [0, 0.1) is 0 Å². The second-order valence-electron chi connectivity index (χ2n) is 4.50. The van der Waals surface area contributed by atoms with Gasteiger partial charge in [-0.1, -0.05) is 34.4 Å². The first-order valence-electron chi connectivity index (χ1n) is 6.06. The third-order valence-electron chi connectivity index (χ3n) is 2.72. The second kappa shape index (κ2) is 6.37. The average molecular weight is 300 g/mol. The summed E-state index contributed by atoms with van der Waals surface area (Å²) in [5.74, 6) is 1.17. The van der Waals surface area contributed by atoms with Crippen LogP contribution in [0.25, 0.3) is 0 Å². The lowest BCUT2D eigenvalue weighted by Crippen LogP contribution is -2.15. The molecule has 1 heterocycles. The number of nitrogens with two attached hydrogens (primary N) is 1. The third-order valence-corrected chi connectivity index (χ3v) is 3.43. The van der Waals surface area contributed by atoms with E-state index in [0.29, 0.717) is 34.6 Å². The number of nitrogens with zero attached hydrogens (tertiary/aromatic N) is 2. The zero-order chi connectivity index (χ0) is 13.8. The summed E-state index contributed by atoms with van der Waals surface area (Å²) in [5.41, 5.74) is 6.50. The summed E-state index contributed by atoms with van der Waals surface area (Å²) in [6, 6.07) is 5.51. The molecule has 0 bridgehead atoms. The van der Waals surface area contributed by atoms with Crippen molar-refractivity contribution in [3.8, 4) is 0 Å². The third kappa shape index (κ3) is 3.93. The van der Waals surface area contributed by atoms with Crippen LogP contribution in [0.4, 0.5) is 0 Å². The van der Waals surface area contributed by atoms with Crippen molar-refractivity contribution in [2.75, 3.05) is 0 Å². The molecule has 0 saturated carbocycles. The van der Waals surface area contributed by atoms with Gasteiger partial charge < -0.3 is 10.3 Å². The van der Waals surface area contributed by atoms with Crippen LogP contribution in [0.3, 0.4) is 0 Å². The zero-order valence-corrected chi connectivity index (χ0v) is 12.1. The maximum atomic E-state index is 6.10. The predicted octanol–water partition coefficient (Wildman–Crippen LogP) is 3.25. The van der Waals surface area contributed by atoms with E-state index in [0.717, 1.165) is 12.0 Å². The Balaban J connectivity index is 2.07. The summed E-state index contributed by atoms with van der Waals surface area (Å²) < 4.78 is 5.16. The van der Waals surface area contributed by atoms with Crippen molar-refractivity contribution in [1.29, 1.82) is 0 Å². The molecule has 0 aliphatic heterocycles. The van der Waals surface area contributed by atoms with Gasteiger partial charge in [0.25, 0.3) is 0 Å². The van der Waals surface area contributed by atoms with E-state index in [2.05, 4.69) is 10.1 Å². The standard InChI is InChI=1S/C13H15Cl2N3O/c1-8(16)5-6-13-17-12(18-19-13)7-9-10(14)3-2-4-11(9)15/h2-4,8H,5-7,16H2,1H3. The number of aryl methyl sites for hydroxylation is 1. The molecule has 2 N–H and O–H groups in total. The number of aromatic nitrogens is 2. The molecule has 0 spiro atoms. The van der Waals surface area contributed by atoms with Gasteiger partial charge in [-0.25, -0.2) is 0 Å². The number of benzene rings is 1. The van der Waals surface area contributed by atoms with Crippen LogP contribution in [0.2, 0.25) is 10.0 Å². The molecule has 2 rings (SSSR count). The maximum Gasteiger partial charge on any atom is 0.226 e. The van der Waals surface area contributed by atoms with Crippen LogP contribution in [-0.2, 0) is 12.8 Å². The quantitative estimate of drug-likeness (QED) is 0.920. The SMILES string of the molecule is CC(N)CCc1nc(Cc2c(Cl)cccc2Cl)no1. The molecular formula is C13H15Cl2N3O. The molecule has 0 amide bonds. The minimum Gasteiger partial charge on any atom is -0.339 e. The van der Waals surface area contributed by atoms with Gasteiger partial charge in [-0.3, -0.25) is 0 Å². The molecule has 1 atom stereocenters. The average Bonchev–Trinajstić information content (AvgIpc) is 2.79. The van der Waals surface area contributed by atoms with Crippen LogP contribution in [0.1, 0.15) is 30.6 Å². The molecule has 0 saturated heterocycles. The van der Waals surface area contributed by atoms with Crippen molar-refractivity contribution in [3.05, 3.63) is 45.5 Å². The lowest BCUT2D eigenvalue weighted by atomic mass is 10.1. The van der Waals surface area contributed by atoms with Gasteiger partial charge in [0, 0.05) is 28.9 Å². The number of hydrogen-bond donors (Lipinski definition) is 1. The predicted molar refractivity (Wildman–Crippen MR) is 75.5 cm³/mol. The van der Waals surface area contributed by atoms with E-state index >= 15 is 0 Å². The summed E-state index contributed by atoms with van der Waals surface area (Å²) >= 11 is 12.2. The van der Waals surface area contributed by atoms with E-state index < -0.39 is 0 Å². The lowest BCUT2D eigenvalue weighted by Gasteiger charge is -2.03. The normalized spacial score (nSPS) is 12.6. The van der Waals surface area contributed by atoms with Gasteiger partial charge in [0.2, 0.25) is 5.89 Å². The van der Waals surface area contributed by atoms with Crippen molar-refractivity contribution < 1.29 is 4.52 Å². The molecule has 0 aliphatic carbocycles. The first-order valence-corrected chi connectivity index (χ1v) is 6.82. The van der Waals surface area contributed by atoms with Gasteiger partial charge in [-0.05, 0) is 31.0 Å². The van der Waals surface area contributed by atoms with Crippen molar-refractivity contribution >= 4 is 23.2 Å². The highest BCUT2D eigenvalue weighted by atomic mass is 35.5. The number of rotatable bonds is 5. The minimum absolute atomic E-state index is 0.119. The fourth-order valence-electron chi connectivity index (χ4n) is 1.67. The summed E-state index contributed by atoms with van der Waals surface area (Å²) in [4.78, 5) is 4.31. The molecule has 0 fully saturated rings. The van der Waals surface area contributed by atoms with Crippen LogP contribution >= 0.6 is 23.2 Å². The molecule has 102 valence electrons. The molecule has 0 radical (unpaired) electrons. The monoisotopic (exact) mass is 299 g/mol. The van der Waals surface area contributed by atoms with Crippen molar-refractivity contribution in [3.63, 3.8) is 0 Å². The van der Waals surface area contributed by atoms with E-state index in [9.17, 15) is 0 Å². The van der Waals surface area contributed by atoms with Gasteiger partial charge >= 0.3 is 0 Å². The smallest absolute Gasteiger partial charge is 0.226 e. The van der Waals surface area contributed by atoms with Gasteiger partial charge in [-0.15, -0.1) is 0 Å². The number of hydrogen-bond acceptors (Lipinski definition) is 4. The Kier molecular flexibility index (Phi) is 4.80. The van der Waals surface area contributed by atoms with E-state index in [1.165, 1.54) is 0 Å². The molecule has 6 heteroatoms. The van der Waals surface area contributed by atoms with Crippen LogP contribution < -0.4 is 5.73 Å². The van der Waals surface area contributed by atoms with Crippen LogP contribution in [0.15, 0.2) is 22.7 Å². The Labute approximate surface area is 121 Å². The molecular weight excluding hydrogens is 285 g/mol. The Hall–Kier alpha value is -1.10. The Morgan fingerprint density at radius 3 is 2.63 bits per heavy atom. The molecule has 19 heavy (non-hydrogen) atoms. The minimum atomic E-state index is 0.119. The topological polar surface area (TPSA) is 64.9 Å². The largest absolute Gasteiger partial charge is 0.339 e. The summed E-state index contributed by atoms with van der Waals surface area (Å²) in [6.45, 7) is 1.95.